The van der Waals surface area contributed by atoms with Crippen LogP contribution in [0.5, 0.6) is 0 Å². The SMILES string of the molecule is CCN(CC)C(=O)Nc1n[nH]c2c1CCN(C(=O)OC(C)(C)C)C2. The maximum atomic E-state index is 12.2. The Morgan fingerprint density at radius 3 is 2.58 bits per heavy atom. The molecular formula is C16H27N5O3. The molecule has 0 radical (unpaired) electrons. The minimum Gasteiger partial charge on any atom is -0.444 e. The fourth-order valence-corrected chi connectivity index (χ4v) is 2.59. The van der Waals surface area contributed by atoms with E-state index in [2.05, 4.69) is 15.5 Å². The molecule has 0 spiro atoms. The molecular weight excluding hydrogens is 310 g/mol. The summed E-state index contributed by atoms with van der Waals surface area (Å²) in [5.74, 6) is 0.547. The first kappa shape index (κ1) is 18.1. The molecule has 0 saturated heterocycles. The topological polar surface area (TPSA) is 90.6 Å². The molecule has 2 heterocycles. The minimum absolute atomic E-state index is 0.163. The van der Waals surface area contributed by atoms with Crippen molar-refractivity contribution in [2.45, 2.75) is 53.2 Å². The number of carbonyl (C=O) groups excluding carboxylic acids is 2. The van der Waals surface area contributed by atoms with Crippen molar-refractivity contribution >= 4 is 17.9 Å². The standard InChI is InChI=1S/C16H27N5O3/c1-6-20(7-2)14(22)17-13-11-8-9-21(10-12(11)18-19-13)15(23)24-16(3,4)5/h6-10H2,1-5H3,(H2,17,18,19,22). The molecule has 8 heteroatoms. The van der Waals surface area contributed by atoms with Crippen molar-refractivity contribution in [3.8, 4) is 0 Å². The summed E-state index contributed by atoms with van der Waals surface area (Å²) in [5, 5.41) is 9.96. The molecule has 1 aromatic heterocycles. The van der Waals surface area contributed by atoms with Gasteiger partial charge in [-0.2, -0.15) is 5.10 Å². The lowest BCUT2D eigenvalue weighted by molar-refractivity contribution is 0.0221. The molecule has 0 aliphatic carbocycles. The van der Waals surface area contributed by atoms with Crippen molar-refractivity contribution in [1.29, 1.82) is 0 Å². The molecule has 0 aromatic carbocycles. The Morgan fingerprint density at radius 1 is 1.33 bits per heavy atom. The number of rotatable bonds is 3. The number of fused-ring (bicyclic) bond motifs is 1. The van der Waals surface area contributed by atoms with Crippen LogP contribution in [0.3, 0.4) is 0 Å². The quantitative estimate of drug-likeness (QED) is 0.887. The Balaban J connectivity index is 2.04. The molecule has 3 amide bonds. The predicted molar refractivity (Wildman–Crippen MR) is 90.9 cm³/mol. The normalized spacial score (nSPS) is 14.1. The van der Waals surface area contributed by atoms with E-state index in [1.165, 1.54) is 0 Å². The second-order valence-corrected chi connectivity index (χ2v) is 6.78. The number of anilines is 1. The summed E-state index contributed by atoms with van der Waals surface area (Å²) < 4.78 is 5.40. The van der Waals surface area contributed by atoms with E-state index in [1.54, 1.807) is 9.80 Å². The van der Waals surface area contributed by atoms with Crippen LogP contribution in [0, 0.1) is 0 Å². The van der Waals surface area contributed by atoms with Gasteiger partial charge in [-0.3, -0.25) is 10.4 Å². The van der Waals surface area contributed by atoms with Crippen LogP contribution >= 0.6 is 0 Å². The summed E-state index contributed by atoms with van der Waals surface area (Å²) >= 11 is 0. The van der Waals surface area contributed by atoms with Crippen LogP contribution in [0.15, 0.2) is 0 Å². The van der Waals surface area contributed by atoms with Crippen LogP contribution in [0.4, 0.5) is 15.4 Å². The van der Waals surface area contributed by atoms with Crippen molar-refractivity contribution in [2.75, 3.05) is 25.0 Å². The molecule has 1 aromatic rings. The minimum atomic E-state index is -0.520. The number of urea groups is 1. The highest BCUT2D eigenvalue weighted by molar-refractivity contribution is 5.89. The number of hydrogen-bond acceptors (Lipinski definition) is 4. The number of nitrogens with zero attached hydrogens (tertiary/aromatic N) is 3. The van der Waals surface area contributed by atoms with E-state index < -0.39 is 5.60 Å². The number of carbonyl (C=O) groups is 2. The van der Waals surface area contributed by atoms with Crippen molar-refractivity contribution in [3.05, 3.63) is 11.3 Å². The van der Waals surface area contributed by atoms with Gasteiger partial charge in [0, 0.05) is 25.2 Å². The molecule has 1 aliphatic heterocycles. The van der Waals surface area contributed by atoms with Crippen LogP contribution in [0.1, 0.15) is 45.9 Å². The average molecular weight is 337 g/mol. The Hall–Kier alpha value is -2.25. The molecule has 0 bridgehead atoms. The molecule has 0 fully saturated rings. The number of aromatic amines is 1. The van der Waals surface area contributed by atoms with Crippen molar-refractivity contribution in [3.63, 3.8) is 0 Å². The van der Waals surface area contributed by atoms with Gasteiger partial charge in [-0.25, -0.2) is 9.59 Å². The van der Waals surface area contributed by atoms with Gasteiger partial charge in [-0.15, -0.1) is 0 Å². The van der Waals surface area contributed by atoms with E-state index >= 15 is 0 Å². The second-order valence-electron chi connectivity index (χ2n) is 6.78. The maximum Gasteiger partial charge on any atom is 0.410 e. The number of amides is 3. The fourth-order valence-electron chi connectivity index (χ4n) is 2.59. The van der Waals surface area contributed by atoms with Crippen molar-refractivity contribution in [2.24, 2.45) is 0 Å². The van der Waals surface area contributed by atoms with E-state index in [0.29, 0.717) is 38.4 Å². The highest BCUT2D eigenvalue weighted by atomic mass is 16.6. The third-order valence-electron chi connectivity index (χ3n) is 3.86. The van der Waals surface area contributed by atoms with E-state index in [9.17, 15) is 9.59 Å². The fraction of sp³-hybridized carbons (Fsp3) is 0.688. The second kappa shape index (κ2) is 7.11. The smallest absolute Gasteiger partial charge is 0.410 e. The zero-order valence-electron chi connectivity index (χ0n) is 15.1. The first-order chi connectivity index (χ1) is 11.2. The number of ether oxygens (including phenoxy) is 1. The number of nitrogens with one attached hydrogen (secondary N) is 2. The summed E-state index contributed by atoms with van der Waals surface area (Å²) in [5.41, 5.74) is 1.27. The van der Waals surface area contributed by atoms with Crippen LogP contribution in [-0.2, 0) is 17.7 Å². The van der Waals surface area contributed by atoms with Gasteiger partial charge in [-0.1, -0.05) is 0 Å². The predicted octanol–water partition coefficient (Wildman–Crippen LogP) is 2.58. The maximum absolute atomic E-state index is 12.2. The van der Waals surface area contributed by atoms with E-state index in [0.717, 1.165) is 11.3 Å². The molecule has 2 rings (SSSR count). The van der Waals surface area contributed by atoms with E-state index in [1.807, 2.05) is 34.6 Å². The van der Waals surface area contributed by atoms with Gasteiger partial charge in [0.25, 0.3) is 0 Å². The van der Waals surface area contributed by atoms with Gasteiger partial charge < -0.3 is 14.5 Å². The van der Waals surface area contributed by atoms with Crippen molar-refractivity contribution < 1.29 is 14.3 Å². The van der Waals surface area contributed by atoms with E-state index in [-0.39, 0.29) is 12.1 Å². The Kier molecular flexibility index (Phi) is 5.36. The third-order valence-corrected chi connectivity index (χ3v) is 3.86. The summed E-state index contributed by atoms with van der Waals surface area (Å²) in [6.45, 7) is 11.6. The molecule has 1 aliphatic rings. The molecule has 0 unspecified atom stereocenters. The van der Waals surface area contributed by atoms with Gasteiger partial charge in [-0.05, 0) is 41.0 Å². The van der Waals surface area contributed by atoms with Crippen LogP contribution in [0.2, 0.25) is 0 Å². The van der Waals surface area contributed by atoms with E-state index in [4.69, 9.17) is 4.74 Å². The summed E-state index contributed by atoms with van der Waals surface area (Å²) in [6.07, 6.45) is 0.287. The van der Waals surface area contributed by atoms with Crippen LogP contribution in [0.25, 0.3) is 0 Å². The first-order valence-corrected chi connectivity index (χ1v) is 8.35. The van der Waals surface area contributed by atoms with Gasteiger partial charge >= 0.3 is 12.1 Å². The molecule has 0 saturated carbocycles. The van der Waals surface area contributed by atoms with Gasteiger partial charge in [0.1, 0.15) is 5.60 Å². The van der Waals surface area contributed by atoms with Crippen LogP contribution < -0.4 is 5.32 Å². The molecule has 24 heavy (non-hydrogen) atoms. The number of aromatic nitrogens is 2. The monoisotopic (exact) mass is 337 g/mol. The lowest BCUT2D eigenvalue weighted by Crippen LogP contribution is -2.40. The van der Waals surface area contributed by atoms with Gasteiger partial charge in [0.05, 0.1) is 12.2 Å². The summed E-state index contributed by atoms with van der Waals surface area (Å²) in [4.78, 5) is 27.7. The molecule has 0 atom stereocenters. The third kappa shape index (κ3) is 4.18. The van der Waals surface area contributed by atoms with Crippen molar-refractivity contribution in [1.82, 2.24) is 20.0 Å². The van der Waals surface area contributed by atoms with Crippen LogP contribution in [-0.4, -0.2) is 57.4 Å². The lowest BCUT2D eigenvalue weighted by atomic mass is 10.1. The molecule has 8 nitrogen and oxygen atoms in total. The molecule has 2 N–H and O–H groups in total. The zero-order chi connectivity index (χ0) is 17.9. The average Bonchev–Trinajstić information content (AvgIpc) is 2.89. The number of hydrogen-bond donors (Lipinski definition) is 2. The summed E-state index contributed by atoms with van der Waals surface area (Å²) in [7, 11) is 0. The highest BCUT2D eigenvalue weighted by Gasteiger charge is 2.29. The Labute approximate surface area is 142 Å². The lowest BCUT2D eigenvalue weighted by Gasteiger charge is -2.30. The Bertz CT molecular complexity index is 601. The zero-order valence-corrected chi connectivity index (χ0v) is 15.1. The Morgan fingerprint density at radius 2 is 2.00 bits per heavy atom. The molecule has 134 valence electrons. The highest BCUT2D eigenvalue weighted by Crippen LogP contribution is 2.25. The number of H-pyrrole nitrogens is 1. The van der Waals surface area contributed by atoms with Gasteiger partial charge in [0.2, 0.25) is 0 Å². The van der Waals surface area contributed by atoms with Gasteiger partial charge in [0.15, 0.2) is 5.82 Å². The summed E-state index contributed by atoms with van der Waals surface area (Å²) in [6, 6.07) is -0.163. The largest absolute Gasteiger partial charge is 0.444 e. The first-order valence-electron chi connectivity index (χ1n) is 8.35.